The van der Waals surface area contributed by atoms with Gasteiger partial charge >= 0.3 is 5.97 Å². The first-order chi connectivity index (χ1) is 7.97. The lowest BCUT2D eigenvalue weighted by atomic mass is 10.0. The summed E-state index contributed by atoms with van der Waals surface area (Å²) in [7, 11) is 0. The van der Waals surface area contributed by atoms with Gasteiger partial charge in [-0.25, -0.2) is 9.18 Å². The zero-order chi connectivity index (χ0) is 13.0. The van der Waals surface area contributed by atoms with E-state index in [9.17, 15) is 14.3 Å². The van der Waals surface area contributed by atoms with Gasteiger partial charge in [0.2, 0.25) is 0 Å². The van der Waals surface area contributed by atoms with Crippen LogP contribution in [0.15, 0.2) is 34.8 Å². The standard InChI is InChI=1S/C12H12BrFO3/c1-3-17-12(16)7(2)11(15)8-4-5-10(14)9(13)6-8/h4-6,11,15H,2-3H2,1H3. The number of rotatable bonds is 4. The molecule has 3 nitrogen and oxygen atoms in total. The SMILES string of the molecule is C=C(C(=O)OCC)C(O)c1ccc(F)c(Br)c1. The van der Waals surface area contributed by atoms with Gasteiger partial charge in [0, 0.05) is 0 Å². The molecule has 0 amide bonds. The summed E-state index contributed by atoms with van der Waals surface area (Å²) in [5.74, 6) is -1.11. The number of halogens is 2. The minimum absolute atomic E-state index is 0.0784. The first-order valence-electron chi connectivity index (χ1n) is 4.96. The fourth-order valence-electron chi connectivity index (χ4n) is 1.22. The molecule has 1 atom stereocenters. The van der Waals surface area contributed by atoms with E-state index in [0.29, 0.717) is 5.56 Å². The maximum atomic E-state index is 13.0. The highest BCUT2D eigenvalue weighted by molar-refractivity contribution is 9.10. The van der Waals surface area contributed by atoms with Gasteiger partial charge in [-0.1, -0.05) is 12.6 Å². The molecular formula is C12H12BrFO3. The first kappa shape index (κ1) is 13.9. The lowest BCUT2D eigenvalue weighted by Crippen LogP contribution is -2.13. The van der Waals surface area contributed by atoms with Gasteiger partial charge in [0.05, 0.1) is 16.7 Å². The second-order valence-corrected chi connectivity index (χ2v) is 4.18. The van der Waals surface area contributed by atoms with Crippen molar-refractivity contribution < 1.29 is 19.0 Å². The van der Waals surface area contributed by atoms with Crippen LogP contribution in [0.3, 0.4) is 0 Å². The average molecular weight is 303 g/mol. The Kier molecular flexibility index (Phi) is 4.84. The maximum Gasteiger partial charge on any atom is 0.336 e. The molecule has 0 bridgehead atoms. The molecule has 0 spiro atoms. The van der Waals surface area contributed by atoms with Crippen molar-refractivity contribution in [2.24, 2.45) is 0 Å². The minimum Gasteiger partial charge on any atom is -0.463 e. The first-order valence-corrected chi connectivity index (χ1v) is 5.75. The highest BCUT2D eigenvalue weighted by Gasteiger charge is 2.20. The van der Waals surface area contributed by atoms with E-state index in [0.717, 1.165) is 0 Å². The topological polar surface area (TPSA) is 46.5 Å². The van der Waals surface area contributed by atoms with E-state index in [2.05, 4.69) is 22.5 Å². The summed E-state index contributed by atoms with van der Waals surface area (Å²) in [6.45, 7) is 5.33. The van der Waals surface area contributed by atoms with E-state index in [1.54, 1.807) is 6.92 Å². The van der Waals surface area contributed by atoms with Crippen molar-refractivity contribution >= 4 is 21.9 Å². The number of ether oxygens (including phenoxy) is 1. The normalized spacial score (nSPS) is 12.0. The smallest absolute Gasteiger partial charge is 0.336 e. The molecule has 92 valence electrons. The van der Waals surface area contributed by atoms with E-state index in [1.165, 1.54) is 18.2 Å². The number of hydrogen-bond acceptors (Lipinski definition) is 3. The molecule has 0 aliphatic heterocycles. The van der Waals surface area contributed by atoms with Gasteiger partial charge in [-0.3, -0.25) is 0 Å². The molecule has 17 heavy (non-hydrogen) atoms. The Bertz CT molecular complexity index is 445. The van der Waals surface area contributed by atoms with Gasteiger partial charge in [0.1, 0.15) is 11.9 Å². The molecule has 1 aromatic carbocycles. The number of aliphatic hydroxyl groups is 1. The van der Waals surface area contributed by atoms with E-state index < -0.39 is 17.9 Å². The third kappa shape index (κ3) is 3.38. The summed E-state index contributed by atoms with van der Waals surface area (Å²) in [6, 6.07) is 3.97. The summed E-state index contributed by atoms with van der Waals surface area (Å²) >= 11 is 3.00. The molecule has 0 saturated heterocycles. The molecule has 0 aromatic heterocycles. The predicted molar refractivity (Wildman–Crippen MR) is 64.8 cm³/mol. The monoisotopic (exact) mass is 302 g/mol. The molecular weight excluding hydrogens is 291 g/mol. The highest BCUT2D eigenvalue weighted by Crippen LogP contribution is 2.25. The van der Waals surface area contributed by atoms with Crippen molar-refractivity contribution in [2.45, 2.75) is 13.0 Å². The van der Waals surface area contributed by atoms with Crippen LogP contribution in [-0.4, -0.2) is 17.7 Å². The summed E-state index contributed by atoms with van der Waals surface area (Å²) in [5, 5.41) is 9.86. The van der Waals surface area contributed by atoms with E-state index >= 15 is 0 Å². The summed E-state index contributed by atoms with van der Waals surface area (Å²) < 4.78 is 17.9. The average Bonchev–Trinajstić information content (AvgIpc) is 2.31. The van der Waals surface area contributed by atoms with Crippen LogP contribution < -0.4 is 0 Å². The Morgan fingerprint density at radius 2 is 2.29 bits per heavy atom. The van der Waals surface area contributed by atoms with Crippen LogP contribution in [0.4, 0.5) is 4.39 Å². The molecule has 0 saturated carbocycles. The zero-order valence-electron chi connectivity index (χ0n) is 9.24. The molecule has 0 fully saturated rings. The largest absolute Gasteiger partial charge is 0.463 e. The lowest BCUT2D eigenvalue weighted by molar-refractivity contribution is -0.139. The fourth-order valence-corrected chi connectivity index (χ4v) is 1.62. The molecule has 0 aliphatic rings. The van der Waals surface area contributed by atoms with Crippen molar-refractivity contribution in [1.29, 1.82) is 0 Å². The molecule has 1 unspecified atom stereocenters. The van der Waals surface area contributed by atoms with Crippen LogP contribution in [0.1, 0.15) is 18.6 Å². The fraction of sp³-hybridized carbons (Fsp3) is 0.250. The second kappa shape index (κ2) is 5.93. The summed E-state index contributed by atoms with van der Waals surface area (Å²) in [6.07, 6.45) is -1.20. The Morgan fingerprint density at radius 3 is 2.82 bits per heavy atom. The van der Waals surface area contributed by atoms with E-state index in [-0.39, 0.29) is 16.7 Å². The van der Waals surface area contributed by atoms with Gasteiger partial charge in [-0.15, -0.1) is 0 Å². The van der Waals surface area contributed by atoms with Crippen molar-refractivity contribution in [2.75, 3.05) is 6.61 Å². The number of benzene rings is 1. The van der Waals surface area contributed by atoms with Crippen molar-refractivity contribution in [1.82, 2.24) is 0 Å². The van der Waals surface area contributed by atoms with Crippen LogP contribution >= 0.6 is 15.9 Å². The number of hydrogen-bond donors (Lipinski definition) is 1. The van der Waals surface area contributed by atoms with E-state index in [1.807, 2.05) is 0 Å². The van der Waals surface area contributed by atoms with Crippen molar-refractivity contribution in [3.8, 4) is 0 Å². The quantitative estimate of drug-likeness (QED) is 0.687. The Balaban J connectivity index is 2.88. The molecule has 0 aliphatic carbocycles. The number of esters is 1. The van der Waals surface area contributed by atoms with Gasteiger partial charge in [0.15, 0.2) is 0 Å². The third-order valence-electron chi connectivity index (χ3n) is 2.13. The lowest BCUT2D eigenvalue weighted by Gasteiger charge is -2.13. The predicted octanol–water partition coefficient (Wildman–Crippen LogP) is 2.74. The van der Waals surface area contributed by atoms with Crippen LogP contribution in [0.25, 0.3) is 0 Å². The molecule has 1 rings (SSSR count). The van der Waals surface area contributed by atoms with Gasteiger partial charge in [0.25, 0.3) is 0 Å². The van der Waals surface area contributed by atoms with E-state index in [4.69, 9.17) is 4.74 Å². The number of carbonyl (C=O) groups is 1. The third-order valence-corrected chi connectivity index (χ3v) is 2.73. The Morgan fingerprint density at radius 1 is 1.65 bits per heavy atom. The summed E-state index contributed by atoms with van der Waals surface area (Å²) in [5.41, 5.74) is 0.293. The Hall–Kier alpha value is -1.20. The molecule has 0 heterocycles. The molecule has 1 N–H and O–H groups in total. The van der Waals surface area contributed by atoms with Gasteiger partial charge in [-0.05, 0) is 40.5 Å². The molecule has 0 radical (unpaired) electrons. The van der Waals surface area contributed by atoms with Crippen molar-refractivity contribution in [3.63, 3.8) is 0 Å². The van der Waals surface area contributed by atoms with Crippen LogP contribution in [0.2, 0.25) is 0 Å². The second-order valence-electron chi connectivity index (χ2n) is 3.32. The van der Waals surface area contributed by atoms with Gasteiger partial charge < -0.3 is 9.84 Å². The number of aliphatic hydroxyl groups excluding tert-OH is 1. The summed E-state index contributed by atoms with van der Waals surface area (Å²) in [4.78, 5) is 11.3. The Labute approximate surface area is 107 Å². The van der Waals surface area contributed by atoms with Crippen LogP contribution in [0.5, 0.6) is 0 Å². The number of carbonyl (C=O) groups excluding carboxylic acids is 1. The van der Waals surface area contributed by atoms with Crippen LogP contribution in [-0.2, 0) is 9.53 Å². The molecule has 1 aromatic rings. The minimum atomic E-state index is -1.20. The highest BCUT2D eigenvalue weighted by atomic mass is 79.9. The zero-order valence-corrected chi connectivity index (χ0v) is 10.8. The van der Waals surface area contributed by atoms with Crippen molar-refractivity contribution in [3.05, 3.63) is 46.2 Å². The molecule has 5 heteroatoms. The maximum absolute atomic E-state index is 13.0. The van der Waals surface area contributed by atoms with Crippen LogP contribution in [0, 0.1) is 5.82 Å². The van der Waals surface area contributed by atoms with Gasteiger partial charge in [-0.2, -0.15) is 0 Å².